The second-order valence-electron chi connectivity index (χ2n) is 3.27. The zero-order valence-corrected chi connectivity index (χ0v) is 13.0. The number of ether oxygens (including phenoxy) is 1. The number of rotatable bonds is 3. The van der Waals surface area contributed by atoms with Crippen molar-refractivity contribution >= 4 is 0 Å². The molecular weight excluding hydrogens is 383 g/mol. The predicted molar refractivity (Wildman–Crippen MR) is 60.7 cm³/mol. The van der Waals surface area contributed by atoms with Crippen LogP contribution in [0, 0.1) is 20.0 Å². The average Bonchev–Trinajstić information content (AvgIpc) is 2.58. The van der Waals surface area contributed by atoms with Crippen molar-refractivity contribution in [2.24, 2.45) is 0 Å². The molecule has 0 aliphatic heterocycles. The molecule has 0 saturated heterocycles. The van der Waals surface area contributed by atoms with Gasteiger partial charge in [0.15, 0.2) is 6.10 Å². The standard InChI is InChI=1S/C10H9F5O2.3CO.Cr/c1-17-7-5-3-2-4-6(7)8(16)9(11,12)10(13,14)15;3*1-2;/h2-5,8,16H,1H3;;;;/t8-;;;;/m1..../s1. The normalized spacial score (nSPS) is 10.5. The molecule has 1 aromatic rings. The first kappa shape index (κ1) is 30.3. The van der Waals surface area contributed by atoms with Gasteiger partial charge in [0, 0.05) is 22.9 Å². The molecule has 0 aliphatic rings. The van der Waals surface area contributed by atoms with Gasteiger partial charge in [-0.15, -0.1) is 0 Å². The van der Waals surface area contributed by atoms with Gasteiger partial charge in [-0.25, -0.2) is 0 Å². The van der Waals surface area contributed by atoms with Crippen LogP contribution in [0.3, 0.4) is 0 Å². The largest absolute Gasteiger partial charge is 0 e. The zero-order valence-electron chi connectivity index (χ0n) is 11.8. The number of benzene rings is 1. The predicted octanol–water partition coefficient (Wildman–Crippen LogP) is 2.81. The minimum absolute atomic E-state index is 0. The minimum atomic E-state index is -5.83. The van der Waals surface area contributed by atoms with Gasteiger partial charge in [-0.3, -0.25) is 0 Å². The fraction of sp³-hybridized carbons (Fsp3) is 0.308. The van der Waals surface area contributed by atoms with E-state index in [2.05, 4.69) is 24.7 Å². The maximum Gasteiger partial charge on any atom is 0 e. The molecule has 0 radical (unpaired) electrons. The van der Waals surface area contributed by atoms with E-state index in [0.717, 1.165) is 13.2 Å². The van der Waals surface area contributed by atoms with Crippen molar-refractivity contribution in [2.45, 2.75) is 18.2 Å². The minimum Gasteiger partial charge on any atom is 0 e. The van der Waals surface area contributed by atoms with E-state index in [1.54, 1.807) is 0 Å². The van der Waals surface area contributed by atoms with Gasteiger partial charge in [0.05, 0.1) is 7.11 Å². The Labute approximate surface area is 144 Å². The Balaban J connectivity index is -0.000000256. The van der Waals surface area contributed by atoms with Crippen LogP contribution >= 0.6 is 0 Å². The summed E-state index contributed by atoms with van der Waals surface area (Å²) in [7, 11) is 1.11. The summed E-state index contributed by atoms with van der Waals surface area (Å²) in [6.45, 7) is 13.5. The van der Waals surface area contributed by atoms with Crippen molar-refractivity contribution in [3.8, 4) is 5.75 Å². The molecule has 132 valence electrons. The van der Waals surface area contributed by atoms with E-state index in [0.29, 0.717) is 0 Å². The van der Waals surface area contributed by atoms with Gasteiger partial charge in [0.2, 0.25) is 0 Å². The summed E-state index contributed by atoms with van der Waals surface area (Å²) in [6.07, 6.45) is -8.83. The molecule has 1 N–H and O–H groups in total. The van der Waals surface area contributed by atoms with E-state index >= 15 is 0 Å². The summed E-state index contributed by atoms with van der Waals surface area (Å²) in [5.74, 6) is -5.47. The third-order valence-electron chi connectivity index (χ3n) is 2.15. The van der Waals surface area contributed by atoms with E-state index in [1.165, 1.54) is 18.2 Å². The topological polar surface area (TPSA) is 89.2 Å². The van der Waals surface area contributed by atoms with E-state index < -0.39 is 23.8 Å². The third-order valence-corrected chi connectivity index (χ3v) is 2.15. The Hall–Kier alpha value is -1.62. The van der Waals surface area contributed by atoms with Gasteiger partial charge in [-0.05, 0) is 6.07 Å². The van der Waals surface area contributed by atoms with E-state index in [1.807, 2.05) is 0 Å². The maximum atomic E-state index is 12.9. The van der Waals surface area contributed by atoms with Crippen LogP contribution in [-0.4, -0.2) is 24.3 Å². The molecular formula is C13H9CrF5O5. The molecule has 1 rings (SSSR count). The van der Waals surface area contributed by atoms with Gasteiger partial charge in [0.25, 0.3) is 0 Å². The Bertz CT molecular complexity index is 499. The van der Waals surface area contributed by atoms with Crippen molar-refractivity contribution in [3.05, 3.63) is 49.8 Å². The fourth-order valence-electron chi connectivity index (χ4n) is 1.24. The van der Waals surface area contributed by atoms with Crippen LogP contribution < -0.4 is 4.74 Å². The average molecular weight is 392 g/mol. The molecule has 0 unspecified atom stereocenters. The molecule has 5 nitrogen and oxygen atoms in total. The number of hydrogen-bond acceptors (Lipinski definition) is 2. The maximum absolute atomic E-state index is 12.9. The van der Waals surface area contributed by atoms with Crippen molar-refractivity contribution in [1.82, 2.24) is 0 Å². The number of methoxy groups -OCH3 is 1. The van der Waals surface area contributed by atoms with Crippen LogP contribution in [0.15, 0.2) is 24.3 Å². The van der Waals surface area contributed by atoms with Crippen molar-refractivity contribution in [1.29, 1.82) is 0 Å². The molecule has 0 heterocycles. The number of alkyl halides is 5. The number of halogens is 5. The molecule has 0 bridgehead atoms. The summed E-state index contributed by atoms with van der Waals surface area (Å²) in [4.78, 5) is 0. The number of aliphatic hydroxyl groups excluding tert-OH is 1. The molecule has 0 aliphatic carbocycles. The molecule has 24 heavy (non-hydrogen) atoms. The van der Waals surface area contributed by atoms with Gasteiger partial charge in [-0.1, -0.05) is 18.2 Å². The summed E-state index contributed by atoms with van der Waals surface area (Å²) < 4.78 is 89.1. The zero-order chi connectivity index (χ0) is 19.3. The van der Waals surface area contributed by atoms with E-state index in [-0.39, 0.29) is 23.1 Å². The van der Waals surface area contributed by atoms with E-state index in [9.17, 15) is 22.0 Å². The first-order chi connectivity index (χ1) is 10.7. The van der Waals surface area contributed by atoms with Gasteiger partial charge < -0.3 is 9.84 Å². The third kappa shape index (κ3) is 8.30. The monoisotopic (exact) mass is 392 g/mol. The number of para-hydroxylation sites is 1. The Kier molecular flexibility index (Phi) is 18.9. The Morgan fingerprint density at radius 3 is 1.67 bits per heavy atom. The van der Waals surface area contributed by atoms with Crippen LogP contribution in [0.5, 0.6) is 5.75 Å². The molecule has 1 aromatic carbocycles. The second-order valence-corrected chi connectivity index (χ2v) is 3.27. The van der Waals surface area contributed by atoms with Gasteiger partial charge in [0.1, 0.15) is 5.75 Å². The Morgan fingerprint density at radius 1 is 0.958 bits per heavy atom. The van der Waals surface area contributed by atoms with Crippen LogP contribution in [0.4, 0.5) is 22.0 Å². The fourth-order valence-corrected chi connectivity index (χ4v) is 1.24. The van der Waals surface area contributed by atoms with Crippen LogP contribution in [0.25, 0.3) is 0 Å². The van der Waals surface area contributed by atoms with Crippen molar-refractivity contribution in [3.63, 3.8) is 0 Å². The molecule has 0 amide bonds. The molecule has 1 atom stereocenters. The Morgan fingerprint density at radius 2 is 1.33 bits per heavy atom. The smallest absolute Gasteiger partial charge is 0 e. The summed E-state index contributed by atoms with van der Waals surface area (Å²) in [5, 5.41) is 9.15. The SMILES string of the molecule is COc1ccccc1[C@@H](O)C(F)(F)C(F)(F)F.[C-]#[O+].[C-]#[O+].[C-]#[O+].[Cr]. The molecule has 0 saturated carbocycles. The van der Waals surface area contributed by atoms with E-state index in [4.69, 9.17) is 19.1 Å². The quantitative estimate of drug-likeness (QED) is 0.487. The first-order valence-corrected chi connectivity index (χ1v) is 5.08. The molecule has 0 fully saturated rings. The molecule has 0 spiro atoms. The van der Waals surface area contributed by atoms with Crippen LogP contribution in [0.2, 0.25) is 0 Å². The summed E-state index contributed by atoms with van der Waals surface area (Å²) >= 11 is 0. The number of hydrogen-bond donors (Lipinski definition) is 1. The second kappa shape index (κ2) is 14.9. The van der Waals surface area contributed by atoms with Crippen molar-refractivity contribution < 1.29 is 63.1 Å². The molecule has 11 heteroatoms. The van der Waals surface area contributed by atoms with Crippen LogP contribution in [0.1, 0.15) is 11.7 Å². The van der Waals surface area contributed by atoms with Crippen molar-refractivity contribution in [2.75, 3.05) is 7.11 Å². The summed E-state index contributed by atoms with van der Waals surface area (Å²) in [5.41, 5.74) is -0.614. The van der Waals surface area contributed by atoms with Gasteiger partial charge in [-0.2, -0.15) is 22.0 Å². The number of aliphatic hydroxyl groups is 1. The van der Waals surface area contributed by atoms with Gasteiger partial charge >= 0.3 is 46.0 Å². The first-order valence-electron chi connectivity index (χ1n) is 5.08. The molecule has 0 aromatic heterocycles. The van der Waals surface area contributed by atoms with Crippen LogP contribution in [-0.2, 0) is 31.3 Å². The summed E-state index contributed by atoms with van der Waals surface area (Å²) in [6, 6.07) is 4.75.